The maximum Gasteiger partial charge on any atom is 0.251 e. The van der Waals surface area contributed by atoms with Crippen LogP contribution < -0.4 is 14.8 Å². The van der Waals surface area contributed by atoms with Crippen LogP contribution >= 0.6 is 0 Å². The molecule has 0 spiro atoms. The molecule has 0 fully saturated rings. The van der Waals surface area contributed by atoms with Gasteiger partial charge in [0.25, 0.3) is 5.91 Å². The molecule has 0 radical (unpaired) electrons. The average Bonchev–Trinajstić information content (AvgIpc) is 3.28. The molecule has 0 aliphatic rings. The number of hydrogen-bond acceptors (Lipinski definition) is 6. The van der Waals surface area contributed by atoms with Gasteiger partial charge in [-0.3, -0.25) is 14.9 Å². The molecule has 30 heavy (non-hydrogen) atoms. The van der Waals surface area contributed by atoms with Gasteiger partial charge in [0.2, 0.25) is 0 Å². The number of carbonyl (C=O) groups is 1. The van der Waals surface area contributed by atoms with E-state index in [-0.39, 0.29) is 12.5 Å². The molecule has 0 atom stereocenters. The topological polar surface area (TPSA) is 102 Å². The highest BCUT2D eigenvalue weighted by Crippen LogP contribution is 2.21. The Labute approximate surface area is 172 Å². The van der Waals surface area contributed by atoms with Crippen LogP contribution in [0, 0.1) is 0 Å². The fourth-order valence-electron chi connectivity index (χ4n) is 2.73. The molecule has 1 amide bonds. The summed E-state index contributed by atoms with van der Waals surface area (Å²) in [5.74, 6) is 2.92. The van der Waals surface area contributed by atoms with Gasteiger partial charge in [0, 0.05) is 17.3 Å². The smallest absolute Gasteiger partial charge is 0.251 e. The Kier molecular flexibility index (Phi) is 5.66. The highest BCUT2D eigenvalue weighted by atomic mass is 16.5. The maximum atomic E-state index is 12.4. The minimum absolute atomic E-state index is 0.217. The number of aromatic amines is 1. The molecular weight excluding hydrogens is 382 g/mol. The van der Waals surface area contributed by atoms with Gasteiger partial charge in [0.05, 0.1) is 19.9 Å². The van der Waals surface area contributed by atoms with Crippen LogP contribution in [0.25, 0.3) is 11.4 Å². The first-order chi connectivity index (χ1) is 14.7. The lowest BCUT2D eigenvalue weighted by Crippen LogP contribution is -2.23. The quantitative estimate of drug-likeness (QED) is 0.491. The fourth-order valence-corrected chi connectivity index (χ4v) is 2.73. The van der Waals surface area contributed by atoms with Crippen LogP contribution in [0.2, 0.25) is 0 Å². The van der Waals surface area contributed by atoms with Crippen LogP contribution in [-0.4, -0.2) is 33.2 Å². The number of benzene rings is 2. The molecule has 8 nitrogen and oxygen atoms in total. The van der Waals surface area contributed by atoms with Crippen LogP contribution in [0.3, 0.4) is 0 Å². The second-order valence-electron chi connectivity index (χ2n) is 6.33. The Morgan fingerprint density at radius 3 is 2.47 bits per heavy atom. The van der Waals surface area contributed by atoms with Crippen molar-refractivity contribution in [2.75, 3.05) is 7.11 Å². The zero-order chi connectivity index (χ0) is 20.8. The van der Waals surface area contributed by atoms with E-state index in [9.17, 15) is 4.79 Å². The molecule has 0 aliphatic heterocycles. The van der Waals surface area contributed by atoms with Crippen LogP contribution in [0.4, 0.5) is 0 Å². The second-order valence-corrected chi connectivity index (χ2v) is 6.33. The predicted molar refractivity (Wildman–Crippen MR) is 110 cm³/mol. The first kappa shape index (κ1) is 19.1. The summed E-state index contributed by atoms with van der Waals surface area (Å²) in [5.41, 5.74) is 1.37. The zero-order valence-corrected chi connectivity index (χ0v) is 16.2. The lowest BCUT2D eigenvalue weighted by Gasteiger charge is -2.06. The van der Waals surface area contributed by atoms with E-state index in [0.717, 1.165) is 11.3 Å². The SMILES string of the molecule is COc1ccc(-c2n[nH]c(CNC(=O)c3ccc(Oc4cccnc4)cc3)n2)cc1. The summed E-state index contributed by atoms with van der Waals surface area (Å²) in [5, 5.41) is 9.86. The lowest BCUT2D eigenvalue weighted by atomic mass is 10.2. The molecular formula is C22H19N5O3. The molecule has 0 saturated carbocycles. The number of H-pyrrole nitrogens is 1. The van der Waals surface area contributed by atoms with Gasteiger partial charge in [-0.2, -0.15) is 5.10 Å². The number of nitrogens with one attached hydrogen (secondary N) is 2. The first-order valence-corrected chi connectivity index (χ1v) is 9.23. The minimum Gasteiger partial charge on any atom is -0.497 e. The van der Waals surface area contributed by atoms with Gasteiger partial charge in [0.1, 0.15) is 23.1 Å². The van der Waals surface area contributed by atoms with Crippen molar-refractivity contribution in [3.8, 4) is 28.6 Å². The number of ether oxygens (including phenoxy) is 2. The van der Waals surface area contributed by atoms with Crippen molar-refractivity contribution >= 4 is 5.91 Å². The van der Waals surface area contributed by atoms with Crippen molar-refractivity contribution in [3.05, 3.63) is 84.4 Å². The number of pyridine rings is 1. The Balaban J connectivity index is 1.33. The van der Waals surface area contributed by atoms with E-state index < -0.39 is 0 Å². The summed E-state index contributed by atoms with van der Waals surface area (Å²) in [6.07, 6.45) is 3.30. The Morgan fingerprint density at radius 2 is 1.77 bits per heavy atom. The molecule has 150 valence electrons. The van der Waals surface area contributed by atoms with E-state index in [4.69, 9.17) is 9.47 Å². The molecule has 2 aromatic carbocycles. The average molecular weight is 401 g/mol. The number of carbonyl (C=O) groups excluding carboxylic acids is 1. The number of methoxy groups -OCH3 is 1. The largest absolute Gasteiger partial charge is 0.497 e. The van der Waals surface area contributed by atoms with Crippen LogP contribution in [0.15, 0.2) is 73.1 Å². The van der Waals surface area contributed by atoms with E-state index >= 15 is 0 Å². The highest BCUT2D eigenvalue weighted by Gasteiger charge is 2.10. The zero-order valence-electron chi connectivity index (χ0n) is 16.2. The molecule has 0 bridgehead atoms. The van der Waals surface area contributed by atoms with Crippen molar-refractivity contribution in [3.63, 3.8) is 0 Å². The van der Waals surface area contributed by atoms with Crippen molar-refractivity contribution in [1.29, 1.82) is 0 Å². The van der Waals surface area contributed by atoms with Crippen molar-refractivity contribution in [2.45, 2.75) is 6.54 Å². The van der Waals surface area contributed by atoms with Crippen LogP contribution in [-0.2, 0) is 6.54 Å². The van der Waals surface area contributed by atoms with Gasteiger partial charge >= 0.3 is 0 Å². The molecule has 2 aromatic heterocycles. The number of hydrogen-bond donors (Lipinski definition) is 2. The summed E-state index contributed by atoms with van der Waals surface area (Å²) < 4.78 is 10.8. The van der Waals surface area contributed by atoms with Crippen LogP contribution in [0.5, 0.6) is 17.2 Å². The van der Waals surface area contributed by atoms with E-state index in [1.54, 1.807) is 49.8 Å². The van der Waals surface area contributed by atoms with Crippen molar-refractivity contribution in [1.82, 2.24) is 25.5 Å². The van der Waals surface area contributed by atoms with Crippen molar-refractivity contribution < 1.29 is 14.3 Å². The van der Waals surface area contributed by atoms with E-state index in [2.05, 4.69) is 25.5 Å². The van der Waals surface area contributed by atoms with E-state index in [1.165, 1.54) is 0 Å². The summed E-state index contributed by atoms with van der Waals surface area (Å²) in [4.78, 5) is 20.8. The van der Waals surface area contributed by atoms with Crippen LogP contribution in [0.1, 0.15) is 16.2 Å². The van der Waals surface area contributed by atoms with Gasteiger partial charge in [-0.25, -0.2) is 4.98 Å². The van der Waals surface area contributed by atoms with Gasteiger partial charge in [-0.15, -0.1) is 0 Å². The number of amides is 1. The molecule has 2 N–H and O–H groups in total. The van der Waals surface area contributed by atoms with E-state index in [0.29, 0.717) is 28.7 Å². The Hall–Kier alpha value is -4.20. The third-order valence-electron chi connectivity index (χ3n) is 4.28. The highest BCUT2D eigenvalue weighted by molar-refractivity contribution is 5.94. The second kappa shape index (κ2) is 8.87. The first-order valence-electron chi connectivity index (χ1n) is 9.23. The summed E-state index contributed by atoms with van der Waals surface area (Å²) in [7, 11) is 1.62. The molecule has 4 rings (SSSR count). The minimum atomic E-state index is -0.217. The van der Waals surface area contributed by atoms with Gasteiger partial charge in [-0.1, -0.05) is 0 Å². The predicted octanol–water partition coefficient (Wildman–Crippen LogP) is 3.60. The number of nitrogens with zero attached hydrogens (tertiary/aromatic N) is 3. The molecule has 0 saturated heterocycles. The van der Waals surface area contributed by atoms with Gasteiger partial charge in [-0.05, 0) is 60.7 Å². The van der Waals surface area contributed by atoms with Crippen molar-refractivity contribution in [2.24, 2.45) is 0 Å². The standard InChI is InChI=1S/C22H19N5O3/c1-29-17-8-4-15(5-9-17)21-25-20(26-27-21)14-24-22(28)16-6-10-18(11-7-16)30-19-3-2-12-23-13-19/h2-13H,14H2,1H3,(H,24,28)(H,25,26,27). The third kappa shape index (κ3) is 4.61. The summed E-state index contributed by atoms with van der Waals surface area (Å²) in [6.45, 7) is 0.232. The Bertz CT molecular complexity index is 1110. The molecule has 4 aromatic rings. The summed E-state index contributed by atoms with van der Waals surface area (Å²) in [6, 6.07) is 17.9. The number of rotatable bonds is 7. The normalized spacial score (nSPS) is 10.4. The Morgan fingerprint density at radius 1 is 1.00 bits per heavy atom. The maximum absolute atomic E-state index is 12.4. The number of aromatic nitrogens is 4. The lowest BCUT2D eigenvalue weighted by molar-refractivity contribution is 0.0950. The third-order valence-corrected chi connectivity index (χ3v) is 4.28. The fraction of sp³-hybridized carbons (Fsp3) is 0.0909. The molecule has 8 heteroatoms. The summed E-state index contributed by atoms with van der Waals surface area (Å²) >= 11 is 0. The molecule has 0 unspecified atom stereocenters. The van der Waals surface area contributed by atoms with Gasteiger partial charge in [0.15, 0.2) is 5.82 Å². The molecule has 0 aliphatic carbocycles. The van der Waals surface area contributed by atoms with Gasteiger partial charge < -0.3 is 14.8 Å². The monoisotopic (exact) mass is 401 g/mol. The van der Waals surface area contributed by atoms with E-state index in [1.807, 2.05) is 30.3 Å². The molecule has 2 heterocycles.